The van der Waals surface area contributed by atoms with E-state index in [9.17, 15) is 5.11 Å². The summed E-state index contributed by atoms with van der Waals surface area (Å²) in [6.45, 7) is 4.25. The Morgan fingerprint density at radius 1 is 1.16 bits per heavy atom. The maximum atomic E-state index is 9.45. The topological polar surface area (TPSA) is 95.8 Å². The SMILES string of the molecule is CC(C1CCC1)n1ncc2cc(-c3nc(N4CCC(CO)CC4)nc4nc[nH]c34)ccc21. The van der Waals surface area contributed by atoms with E-state index in [1.165, 1.54) is 24.8 Å². The molecule has 1 saturated carbocycles. The highest BCUT2D eigenvalue weighted by Gasteiger charge is 2.27. The maximum absolute atomic E-state index is 9.45. The van der Waals surface area contributed by atoms with Gasteiger partial charge in [-0.05, 0) is 56.6 Å². The van der Waals surface area contributed by atoms with E-state index >= 15 is 0 Å². The molecule has 1 atom stereocenters. The van der Waals surface area contributed by atoms with Gasteiger partial charge in [-0.1, -0.05) is 12.5 Å². The molecule has 1 saturated heterocycles. The van der Waals surface area contributed by atoms with E-state index in [4.69, 9.17) is 15.1 Å². The molecule has 2 N–H and O–H groups in total. The van der Waals surface area contributed by atoms with Crippen LogP contribution in [0.5, 0.6) is 0 Å². The summed E-state index contributed by atoms with van der Waals surface area (Å²) < 4.78 is 2.19. The summed E-state index contributed by atoms with van der Waals surface area (Å²) in [5, 5.41) is 15.3. The number of piperidine rings is 1. The van der Waals surface area contributed by atoms with Crippen molar-refractivity contribution < 1.29 is 5.11 Å². The third kappa shape index (κ3) is 3.24. The number of hydrogen-bond donors (Lipinski definition) is 2. The van der Waals surface area contributed by atoms with E-state index < -0.39 is 0 Å². The zero-order chi connectivity index (χ0) is 21.7. The van der Waals surface area contributed by atoms with E-state index in [-0.39, 0.29) is 6.61 Å². The molecule has 8 heteroatoms. The highest BCUT2D eigenvalue weighted by Crippen LogP contribution is 2.37. The van der Waals surface area contributed by atoms with Gasteiger partial charge in [0.1, 0.15) is 11.2 Å². The molecule has 1 aliphatic carbocycles. The van der Waals surface area contributed by atoms with Crippen LogP contribution in [0.3, 0.4) is 0 Å². The summed E-state index contributed by atoms with van der Waals surface area (Å²) in [5.41, 5.74) is 4.62. The molecular formula is C24H29N7O. The van der Waals surface area contributed by atoms with Gasteiger partial charge in [0.25, 0.3) is 0 Å². The number of aliphatic hydroxyl groups excluding tert-OH is 1. The van der Waals surface area contributed by atoms with E-state index in [1.54, 1.807) is 6.33 Å². The van der Waals surface area contributed by atoms with Crippen LogP contribution in [0.15, 0.2) is 30.7 Å². The lowest BCUT2D eigenvalue weighted by molar-refractivity contribution is 0.202. The molecule has 32 heavy (non-hydrogen) atoms. The Labute approximate surface area is 186 Å². The van der Waals surface area contributed by atoms with Gasteiger partial charge in [-0.3, -0.25) is 4.68 Å². The van der Waals surface area contributed by atoms with Gasteiger partial charge in [0.05, 0.1) is 24.1 Å². The second-order valence-corrected chi connectivity index (χ2v) is 9.38. The van der Waals surface area contributed by atoms with Crippen LogP contribution in [0.4, 0.5) is 5.95 Å². The number of imidazole rings is 1. The number of aromatic amines is 1. The zero-order valence-electron chi connectivity index (χ0n) is 18.4. The minimum Gasteiger partial charge on any atom is -0.396 e. The molecule has 1 aromatic carbocycles. The number of nitrogens with one attached hydrogen (secondary N) is 1. The summed E-state index contributed by atoms with van der Waals surface area (Å²) in [4.78, 5) is 19.5. The Kier molecular flexibility index (Phi) is 4.82. The molecule has 4 heterocycles. The fourth-order valence-electron chi connectivity index (χ4n) is 5.13. The number of aliphatic hydroxyl groups is 1. The lowest BCUT2D eigenvalue weighted by Gasteiger charge is -2.31. The molecule has 166 valence electrons. The molecule has 2 aliphatic rings. The van der Waals surface area contributed by atoms with Gasteiger partial charge < -0.3 is 15.0 Å². The van der Waals surface area contributed by atoms with Crippen LogP contribution in [-0.2, 0) is 0 Å². The van der Waals surface area contributed by atoms with E-state index in [1.807, 2.05) is 6.20 Å². The van der Waals surface area contributed by atoms with Gasteiger partial charge in [0, 0.05) is 30.6 Å². The van der Waals surface area contributed by atoms with Crippen LogP contribution in [0, 0.1) is 11.8 Å². The molecule has 4 aromatic rings. The summed E-state index contributed by atoms with van der Waals surface area (Å²) in [6.07, 6.45) is 9.51. The molecule has 0 amide bonds. The van der Waals surface area contributed by atoms with Crippen molar-refractivity contribution in [3.63, 3.8) is 0 Å². The predicted molar refractivity (Wildman–Crippen MR) is 124 cm³/mol. The number of hydrogen-bond acceptors (Lipinski definition) is 6. The Morgan fingerprint density at radius 3 is 2.75 bits per heavy atom. The molecule has 0 bridgehead atoms. The monoisotopic (exact) mass is 431 g/mol. The fraction of sp³-hybridized carbons (Fsp3) is 0.500. The minimum absolute atomic E-state index is 0.255. The Hall–Kier alpha value is -3.00. The van der Waals surface area contributed by atoms with E-state index in [2.05, 4.69) is 44.7 Å². The first-order valence-corrected chi connectivity index (χ1v) is 11.8. The van der Waals surface area contributed by atoms with Gasteiger partial charge in [-0.15, -0.1) is 0 Å². The van der Waals surface area contributed by atoms with Crippen LogP contribution in [-0.4, -0.2) is 54.5 Å². The quantitative estimate of drug-likeness (QED) is 0.497. The molecular weight excluding hydrogens is 402 g/mol. The van der Waals surface area contributed by atoms with Gasteiger partial charge >= 0.3 is 0 Å². The average molecular weight is 432 g/mol. The highest BCUT2D eigenvalue weighted by molar-refractivity contribution is 5.92. The van der Waals surface area contributed by atoms with Crippen molar-refractivity contribution in [1.29, 1.82) is 0 Å². The van der Waals surface area contributed by atoms with Crippen molar-refractivity contribution in [2.45, 2.75) is 45.1 Å². The molecule has 2 fully saturated rings. The largest absolute Gasteiger partial charge is 0.396 e. The lowest BCUT2D eigenvalue weighted by Crippen LogP contribution is -2.35. The van der Waals surface area contributed by atoms with E-state index in [0.29, 0.717) is 23.6 Å². The summed E-state index contributed by atoms with van der Waals surface area (Å²) in [7, 11) is 0. The molecule has 1 unspecified atom stereocenters. The van der Waals surface area contributed by atoms with Gasteiger partial charge in [-0.25, -0.2) is 9.97 Å². The van der Waals surface area contributed by atoms with Crippen molar-refractivity contribution in [3.05, 3.63) is 30.7 Å². The lowest BCUT2D eigenvalue weighted by atomic mass is 9.80. The van der Waals surface area contributed by atoms with Crippen LogP contribution < -0.4 is 4.90 Å². The maximum Gasteiger partial charge on any atom is 0.228 e. The Balaban J connectivity index is 1.37. The molecule has 0 radical (unpaired) electrons. The first-order chi connectivity index (χ1) is 15.7. The molecule has 1 aliphatic heterocycles. The highest BCUT2D eigenvalue weighted by atomic mass is 16.3. The summed E-state index contributed by atoms with van der Waals surface area (Å²) in [5.74, 6) is 1.83. The number of aromatic nitrogens is 6. The molecule has 8 nitrogen and oxygen atoms in total. The van der Waals surface area contributed by atoms with E-state index in [0.717, 1.165) is 54.0 Å². The van der Waals surface area contributed by atoms with Crippen LogP contribution in [0.25, 0.3) is 33.3 Å². The van der Waals surface area contributed by atoms with Crippen LogP contribution >= 0.6 is 0 Å². The second kappa shape index (κ2) is 7.85. The first-order valence-electron chi connectivity index (χ1n) is 11.8. The molecule has 6 rings (SSSR count). The third-order valence-corrected chi connectivity index (χ3v) is 7.52. The summed E-state index contributed by atoms with van der Waals surface area (Å²) >= 11 is 0. The standard InChI is InChI=1S/C24H29N7O/c1-15(17-3-2-4-17)31-20-6-5-18(11-19(20)12-27-31)21-22-23(26-14-25-22)29-24(28-21)30-9-7-16(13-32)8-10-30/h5-6,11-12,14-17,32H,2-4,7-10,13H2,1H3,(H,25,26,28,29). The third-order valence-electron chi connectivity index (χ3n) is 7.52. The van der Waals surface area contributed by atoms with Crippen molar-refractivity contribution in [2.24, 2.45) is 11.8 Å². The second-order valence-electron chi connectivity index (χ2n) is 9.38. The fourth-order valence-corrected chi connectivity index (χ4v) is 5.13. The number of nitrogens with zero attached hydrogens (tertiary/aromatic N) is 6. The zero-order valence-corrected chi connectivity index (χ0v) is 18.4. The number of anilines is 1. The average Bonchev–Trinajstić information content (AvgIpc) is 3.43. The van der Waals surface area contributed by atoms with Crippen molar-refractivity contribution in [2.75, 3.05) is 24.6 Å². The molecule has 3 aromatic heterocycles. The van der Waals surface area contributed by atoms with Gasteiger partial charge in [-0.2, -0.15) is 10.1 Å². The number of rotatable bonds is 5. The van der Waals surface area contributed by atoms with Crippen LogP contribution in [0.2, 0.25) is 0 Å². The van der Waals surface area contributed by atoms with Crippen LogP contribution in [0.1, 0.15) is 45.1 Å². The minimum atomic E-state index is 0.255. The summed E-state index contributed by atoms with van der Waals surface area (Å²) in [6, 6.07) is 6.91. The Bertz CT molecular complexity index is 1250. The number of fused-ring (bicyclic) bond motifs is 2. The normalized spacial score (nSPS) is 19.0. The van der Waals surface area contributed by atoms with Crippen molar-refractivity contribution in [1.82, 2.24) is 29.7 Å². The number of H-pyrrole nitrogens is 1. The first kappa shape index (κ1) is 19.7. The van der Waals surface area contributed by atoms with Crippen molar-refractivity contribution >= 4 is 28.0 Å². The van der Waals surface area contributed by atoms with Gasteiger partial charge in [0.15, 0.2) is 5.65 Å². The number of benzene rings is 1. The smallest absolute Gasteiger partial charge is 0.228 e. The van der Waals surface area contributed by atoms with Gasteiger partial charge in [0.2, 0.25) is 5.95 Å². The van der Waals surface area contributed by atoms with Crippen molar-refractivity contribution in [3.8, 4) is 11.3 Å². The predicted octanol–water partition coefficient (Wildman–Crippen LogP) is 3.94. The Morgan fingerprint density at radius 2 is 2.00 bits per heavy atom. The molecule has 0 spiro atoms.